The molecule has 1 heterocycles. The normalized spacial score (nSPS) is 10.9. The zero-order chi connectivity index (χ0) is 13.9. The van der Waals surface area contributed by atoms with Gasteiger partial charge < -0.3 is 4.74 Å². The molecule has 1 amide bonds. The van der Waals surface area contributed by atoms with E-state index in [0.29, 0.717) is 0 Å². The Balaban J connectivity index is 2.93. The summed E-state index contributed by atoms with van der Waals surface area (Å²) in [7, 11) is 0. The molecule has 0 saturated carbocycles. The van der Waals surface area contributed by atoms with Crippen LogP contribution in [0.5, 0.6) is 0 Å². The van der Waals surface area contributed by atoms with Crippen LogP contribution in [0.4, 0.5) is 16.3 Å². The number of nitrogens with zero attached hydrogens (tertiary/aromatic N) is 2. The molecule has 0 aliphatic carbocycles. The first-order valence-corrected chi connectivity index (χ1v) is 5.38. The van der Waals surface area contributed by atoms with Gasteiger partial charge in [-0.2, -0.15) is 0 Å². The van der Waals surface area contributed by atoms with E-state index in [1.54, 1.807) is 20.8 Å². The number of amides is 1. The van der Waals surface area contributed by atoms with Crippen molar-refractivity contribution in [3.63, 3.8) is 0 Å². The number of anilines is 1. The third kappa shape index (κ3) is 4.17. The van der Waals surface area contributed by atoms with Crippen LogP contribution in [0.3, 0.4) is 0 Å². The summed E-state index contributed by atoms with van der Waals surface area (Å²) in [6, 6.07) is 2.42. The quantitative estimate of drug-likeness (QED) is 0.508. The van der Waals surface area contributed by atoms with Crippen molar-refractivity contribution in [3.05, 3.63) is 27.4 Å². The number of halogens is 1. The van der Waals surface area contributed by atoms with Crippen molar-refractivity contribution in [2.45, 2.75) is 26.4 Å². The molecule has 98 valence electrons. The van der Waals surface area contributed by atoms with Crippen LogP contribution < -0.4 is 5.32 Å². The minimum absolute atomic E-state index is 0.0339. The molecule has 0 fully saturated rings. The highest BCUT2D eigenvalue weighted by molar-refractivity contribution is 6.29. The molecule has 8 heteroatoms. The number of aromatic nitrogens is 1. The number of pyridine rings is 1. The van der Waals surface area contributed by atoms with Crippen LogP contribution in [-0.4, -0.2) is 21.6 Å². The highest BCUT2D eigenvalue weighted by Gasteiger charge is 2.21. The molecule has 1 N–H and O–H groups in total. The third-order valence-corrected chi connectivity index (χ3v) is 1.87. The van der Waals surface area contributed by atoms with E-state index in [1.807, 2.05) is 0 Å². The molecule has 0 spiro atoms. The van der Waals surface area contributed by atoms with Crippen molar-refractivity contribution in [1.82, 2.24) is 4.98 Å². The molecular formula is C10H12ClN3O4. The summed E-state index contributed by atoms with van der Waals surface area (Å²) >= 11 is 5.61. The Bertz CT molecular complexity index is 485. The summed E-state index contributed by atoms with van der Waals surface area (Å²) in [5.41, 5.74) is -1.07. The second-order valence-corrected chi connectivity index (χ2v) is 4.77. The summed E-state index contributed by atoms with van der Waals surface area (Å²) in [4.78, 5) is 25.2. The van der Waals surface area contributed by atoms with Crippen molar-refractivity contribution in [3.8, 4) is 0 Å². The highest BCUT2D eigenvalue weighted by Crippen LogP contribution is 2.24. The first-order valence-electron chi connectivity index (χ1n) is 5.00. The van der Waals surface area contributed by atoms with Gasteiger partial charge in [0, 0.05) is 6.07 Å². The van der Waals surface area contributed by atoms with E-state index in [4.69, 9.17) is 16.3 Å². The van der Waals surface area contributed by atoms with Crippen LogP contribution >= 0.6 is 11.6 Å². The Labute approximate surface area is 108 Å². The van der Waals surface area contributed by atoms with Crippen molar-refractivity contribution in [1.29, 1.82) is 0 Å². The van der Waals surface area contributed by atoms with E-state index >= 15 is 0 Å². The first-order chi connectivity index (χ1) is 8.19. The molecule has 1 aromatic rings. The molecular weight excluding hydrogens is 262 g/mol. The predicted octanol–water partition coefficient (Wildman–Crippen LogP) is 2.99. The van der Waals surface area contributed by atoms with Gasteiger partial charge in [0.15, 0.2) is 0 Å². The fourth-order valence-electron chi connectivity index (χ4n) is 1.07. The van der Waals surface area contributed by atoms with E-state index in [1.165, 1.54) is 6.07 Å². The second-order valence-electron chi connectivity index (χ2n) is 4.39. The summed E-state index contributed by atoms with van der Waals surface area (Å²) in [5.74, 6) is -0.248. The number of hydrogen-bond acceptors (Lipinski definition) is 5. The average Bonchev–Trinajstić information content (AvgIpc) is 2.13. The lowest BCUT2D eigenvalue weighted by molar-refractivity contribution is -0.384. The fraction of sp³-hybridized carbons (Fsp3) is 0.400. The van der Waals surface area contributed by atoms with Gasteiger partial charge in [-0.15, -0.1) is 0 Å². The number of ether oxygens (including phenoxy) is 1. The number of nitrogens with one attached hydrogen (secondary N) is 1. The molecule has 0 aliphatic heterocycles. The van der Waals surface area contributed by atoms with E-state index in [-0.39, 0.29) is 16.7 Å². The topological polar surface area (TPSA) is 94.4 Å². The van der Waals surface area contributed by atoms with Crippen LogP contribution in [0.15, 0.2) is 12.1 Å². The van der Waals surface area contributed by atoms with E-state index in [9.17, 15) is 14.9 Å². The van der Waals surface area contributed by atoms with Crippen molar-refractivity contribution in [2.24, 2.45) is 0 Å². The highest BCUT2D eigenvalue weighted by atomic mass is 35.5. The smallest absolute Gasteiger partial charge is 0.413 e. The van der Waals surface area contributed by atoms with Gasteiger partial charge in [0.05, 0.1) is 4.92 Å². The van der Waals surface area contributed by atoms with E-state index in [2.05, 4.69) is 10.3 Å². The second kappa shape index (κ2) is 5.18. The van der Waals surface area contributed by atoms with Crippen LogP contribution in [0.1, 0.15) is 20.8 Å². The molecule has 1 aromatic heterocycles. The van der Waals surface area contributed by atoms with Gasteiger partial charge in [-0.25, -0.2) is 9.78 Å². The predicted molar refractivity (Wildman–Crippen MR) is 65.8 cm³/mol. The lowest BCUT2D eigenvalue weighted by atomic mass is 10.2. The molecule has 18 heavy (non-hydrogen) atoms. The Morgan fingerprint density at radius 2 is 2.11 bits per heavy atom. The minimum Gasteiger partial charge on any atom is -0.444 e. The Hall–Kier alpha value is -1.89. The fourth-order valence-corrected chi connectivity index (χ4v) is 1.22. The molecule has 0 bridgehead atoms. The Morgan fingerprint density at radius 3 is 2.61 bits per heavy atom. The van der Waals surface area contributed by atoms with Crippen LogP contribution in [0, 0.1) is 10.1 Å². The van der Waals surface area contributed by atoms with Crippen molar-refractivity contribution in [2.75, 3.05) is 5.32 Å². The number of carbonyl (C=O) groups is 1. The summed E-state index contributed by atoms with van der Waals surface area (Å²) < 4.78 is 4.96. The standard InChI is InChI=1S/C10H12ClN3O4/c1-10(2,3)18-9(15)13-8-6(14(16)17)4-5-7(11)12-8/h4-5H,1-3H3,(H,12,13,15). The van der Waals surface area contributed by atoms with Gasteiger partial charge in [0.1, 0.15) is 10.8 Å². The summed E-state index contributed by atoms with van der Waals surface area (Å²) in [6.07, 6.45) is -0.833. The lowest BCUT2D eigenvalue weighted by Crippen LogP contribution is -2.27. The lowest BCUT2D eigenvalue weighted by Gasteiger charge is -2.19. The van der Waals surface area contributed by atoms with Crippen LogP contribution in [0.2, 0.25) is 5.15 Å². The van der Waals surface area contributed by atoms with Gasteiger partial charge in [0.2, 0.25) is 5.82 Å². The molecule has 1 rings (SSSR count). The SMILES string of the molecule is CC(C)(C)OC(=O)Nc1nc(Cl)ccc1[N+](=O)[O-]. The van der Waals surface area contributed by atoms with Gasteiger partial charge in [-0.3, -0.25) is 15.4 Å². The zero-order valence-electron chi connectivity index (χ0n) is 10.1. The maximum absolute atomic E-state index is 11.5. The maximum atomic E-state index is 11.5. The Kier molecular flexibility index (Phi) is 4.07. The summed E-state index contributed by atoms with van der Waals surface area (Å²) in [5, 5.41) is 13.0. The van der Waals surface area contributed by atoms with Crippen LogP contribution in [-0.2, 0) is 4.74 Å². The van der Waals surface area contributed by atoms with Gasteiger partial charge in [-0.05, 0) is 26.8 Å². The third-order valence-electron chi connectivity index (χ3n) is 1.66. The largest absolute Gasteiger partial charge is 0.444 e. The molecule has 0 saturated heterocycles. The van der Waals surface area contributed by atoms with E-state index < -0.39 is 16.6 Å². The van der Waals surface area contributed by atoms with Gasteiger partial charge in [-0.1, -0.05) is 11.6 Å². The Morgan fingerprint density at radius 1 is 1.50 bits per heavy atom. The number of nitro groups is 1. The molecule has 0 aromatic carbocycles. The molecule has 0 aliphatic rings. The number of hydrogen-bond donors (Lipinski definition) is 1. The van der Waals surface area contributed by atoms with Crippen molar-refractivity contribution < 1.29 is 14.5 Å². The van der Waals surface area contributed by atoms with Crippen LogP contribution in [0.25, 0.3) is 0 Å². The van der Waals surface area contributed by atoms with Gasteiger partial charge in [0.25, 0.3) is 0 Å². The van der Waals surface area contributed by atoms with Gasteiger partial charge >= 0.3 is 11.8 Å². The monoisotopic (exact) mass is 273 g/mol. The first kappa shape index (κ1) is 14.2. The average molecular weight is 274 g/mol. The number of carbonyl (C=O) groups excluding carboxylic acids is 1. The molecule has 0 radical (unpaired) electrons. The van der Waals surface area contributed by atoms with E-state index in [0.717, 1.165) is 6.07 Å². The molecule has 0 unspecified atom stereocenters. The van der Waals surface area contributed by atoms with Crippen molar-refractivity contribution >= 4 is 29.2 Å². The maximum Gasteiger partial charge on any atom is 0.413 e. The summed E-state index contributed by atoms with van der Waals surface area (Å²) in [6.45, 7) is 5.02. The number of rotatable bonds is 2. The zero-order valence-corrected chi connectivity index (χ0v) is 10.8. The molecule has 7 nitrogen and oxygen atoms in total. The minimum atomic E-state index is -0.833. The molecule has 0 atom stereocenters.